The molecular weight excluding hydrogens is 308 g/mol. The number of hydrogen-bond donors (Lipinski definition) is 2. The van der Waals surface area contributed by atoms with E-state index in [-0.39, 0.29) is 17.2 Å². The number of H-pyrrole nitrogens is 1. The molecule has 0 fully saturated rings. The topological polar surface area (TPSA) is 89.5 Å². The third-order valence-corrected chi connectivity index (χ3v) is 4.22. The molecule has 0 spiro atoms. The van der Waals surface area contributed by atoms with E-state index >= 15 is 0 Å². The minimum Gasteiger partial charge on any atom is -0.508 e. The summed E-state index contributed by atoms with van der Waals surface area (Å²) in [6, 6.07) is 4.80. The van der Waals surface area contributed by atoms with E-state index in [4.69, 9.17) is 0 Å². The van der Waals surface area contributed by atoms with E-state index in [0.29, 0.717) is 47.8 Å². The van der Waals surface area contributed by atoms with Gasteiger partial charge in [-0.1, -0.05) is 0 Å². The fourth-order valence-corrected chi connectivity index (χ4v) is 2.78. The van der Waals surface area contributed by atoms with Crippen molar-refractivity contribution in [2.45, 2.75) is 19.9 Å². The van der Waals surface area contributed by atoms with Crippen molar-refractivity contribution in [1.82, 2.24) is 14.9 Å². The van der Waals surface area contributed by atoms with E-state index in [1.54, 1.807) is 43.0 Å². The zero-order chi connectivity index (χ0) is 17.4. The second-order valence-electron chi connectivity index (χ2n) is 6.19. The number of carbonyl (C=O) groups is 1. The van der Waals surface area contributed by atoms with Crippen molar-refractivity contribution in [2.75, 3.05) is 25.5 Å². The second-order valence-corrected chi connectivity index (χ2v) is 6.19. The number of fused-ring (bicyclic) bond motifs is 1. The number of amides is 1. The molecule has 24 heavy (non-hydrogen) atoms. The van der Waals surface area contributed by atoms with Gasteiger partial charge in [0.05, 0.1) is 12.2 Å². The Morgan fingerprint density at radius 2 is 2.12 bits per heavy atom. The number of nitrogens with zero attached hydrogens (tertiary/aromatic N) is 3. The van der Waals surface area contributed by atoms with Crippen LogP contribution < -0.4 is 10.5 Å². The molecule has 2 N–H and O–H groups in total. The number of phenols is 1. The van der Waals surface area contributed by atoms with Crippen molar-refractivity contribution < 1.29 is 9.90 Å². The summed E-state index contributed by atoms with van der Waals surface area (Å²) in [6.45, 7) is 2.53. The minimum atomic E-state index is -0.142. The highest BCUT2D eigenvalue weighted by molar-refractivity contribution is 5.94. The Labute approximate surface area is 139 Å². The fourth-order valence-electron chi connectivity index (χ4n) is 2.78. The fraction of sp³-hybridized carbons (Fsp3) is 0.353. The molecule has 1 aromatic heterocycles. The molecule has 7 heteroatoms. The molecule has 1 aromatic carbocycles. The summed E-state index contributed by atoms with van der Waals surface area (Å²) < 4.78 is 0. The number of aromatic hydroxyl groups is 1. The number of anilines is 1. The number of phenolic OH excluding ortho intramolecular Hbond substituents is 1. The van der Waals surface area contributed by atoms with Gasteiger partial charge in [-0.2, -0.15) is 0 Å². The van der Waals surface area contributed by atoms with Crippen LogP contribution in [0.2, 0.25) is 0 Å². The third-order valence-electron chi connectivity index (χ3n) is 4.22. The maximum atomic E-state index is 12.7. The van der Waals surface area contributed by atoms with Gasteiger partial charge in [0, 0.05) is 31.8 Å². The van der Waals surface area contributed by atoms with Gasteiger partial charge in [0.2, 0.25) is 5.95 Å². The van der Waals surface area contributed by atoms with Gasteiger partial charge >= 0.3 is 0 Å². The van der Waals surface area contributed by atoms with Gasteiger partial charge in [-0.05, 0) is 37.1 Å². The van der Waals surface area contributed by atoms with Crippen LogP contribution in [-0.4, -0.2) is 46.5 Å². The van der Waals surface area contributed by atoms with Crippen LogP contribution in [0, 0.1) is 6.92 Å². The average Bonchev–Trinajstić information content (AvgIpc) is 2.56. The van der Waals surface area contributed by atoms with Crippen LogP contribution in [0.15, 0.2) is 23.0 Å². The number of nitrogens with one attached hydrogen (secondary N) is 1. The lowest BCUT2D eigenvalue weighted by Gasteiger charge is -2.28. The Morgan fingerprint density at radius 1 is 1.38 bits per heavy atom. The molecule has 3 rings (SSSR count). The van der Waals surface area contributed by atoms with Gasteiger partial charge in [-0.15, -0.1) is 0 Å². The average molecular weight is 328 g/mol. The lowest BCUT2D eigenvalue weighted by Crippen LogP contribution is -2.39. The first-order chi connectivity index (χ1) is 11.4. The molecule has 0 unspecified atom stereocenters. The zero-order valence-corrected chi connectivity index (χ0v) is 14.0. The Hall–Kier alpha value is -2.83. The molecule has 126 valence electrons. The molecule has 0 saturated heterocycles. The maximum absolute atomic E-state index is 12.7. The molecule has 1 amide bonds. The van der Waals surface area contributed by atoms with Crippen LogP contribution in [0.5, 0.6) is 5.75 Å². The highest BCUT2D eigenvalue weighted by Crippen LogP contribution is 2.21. The van der Waals surface area contributed by atoms with E-state index in [1.165, 1.54) is 6.07 Å². The first-order valence-electron chi connectivity index (χ1n) is 7.75. The van der Waals surface area contributed by atoms with Gasteiger partial charge in [0.15, 0.2) is 0 Å². The predicted octanol–water partition coefficient (Wildman–Crippen LogP) is 1.05. The van der Waals surface area contributed by atoms with Crippen molar-refractivity contribution in [3.63, 3.8) is 0 Å². The number of aryl methyl sites for hydroxylation is 1. The van der Waals surface area contributed by atoms with Crippen molar-refractivity contribution in [2.24, 2.45) is 0 Å². The Bertz CT molecular complexity index is 857. The molecule has 7 nitrogen and oxygen atoms in total. The quantitative estimate of drug-likeness (QED) is 0.860. The van der Waals surface area contributed by atoms with Crippen LogP contribution in [0.25, 0.3) is 0 Å². The number of rotatable bonds is 2. The normalized spacial score (nSPS) is 13.5. The van der Waals surface area contributed by atoms with Gasteiger partial charge in [-0.25, -0.2) is 4.98 Å². The van der Waals surface area contributed by atoms with Crippen molar-refractivity contribution >= 4 is 11.9 Å². The van der Waals surface area contributed by atoms with E-state index in [0.717, 1.165) is 0 Å². The summed E-state index contributed by atoms with van der Waals surface area (Å²) in [7, 11) is 3.60. The van der Waals surface area contributed by atoms with Crippen LogP contribution in [-0.2, 0) is 13.0 Å². The third kappa shape index (κ3) is 2.84. The number of aromatic nitrogens is 2. The molecule has 2 heterocycles. The molecule has 0 atom stereocenters. The molecule has 0 saturated carbocycles. The monoisotopic (exact) mass is 328 g/mol. The van der Waals surface area contributed by atoms with Crippen molar-refractivity contribution in [3.8, 4) is 5.75 Å². The summed E-state index contributed by atoms with van der Waals surface area (Å²) in [5, 5.41) is 9.60. The number of carbonyl (C=O) groups excluding carboxylic acids is 1. The summed E-state index contributed by atoms with van der Waals surface area (Å²) in [5.41, 5.74) is 2.31. The SMILES string of the molecule is Cc1cc(C(=O)N2CCc3c(nc(N(C)C)[nH]c3=O)C2)ccc1O. The molecular formula is C17H20N4O3. The molecule has 0 radical (unpaired) electrons. The van der Waals surface area contributed by atoms with Crippen LogP contribution in [0.1, 0.15) is 27.2 Å². The Kier molecular flexibility index (Phi) is 4.01. The van der Waals surface area contributed by atoms with Gasteiger partial charge in [0.25, 0.3) is 11.5 Å². The van der Waals surface area contributed by atoms with E-state index < -0.39 is 0 Å². The molecule has 0 aliphatic carbocycles. The highest BCUT2D eigenvalue weighted by atomic mass is 16.3. The summed E-state index contributed by atoms with van der Waals surface area (Å²) >= 11 is 0. The molecule has 1 aliphatic rings. The minimum absolute atomic E-state index is 0.128. The molecule has 2 aromatic rings. The Balaban J connectivity index is 1.90. The second kappa shape index (κ2) is 5.99. The lowest BCUT2D eigenvalue weighted by molar-refractivity contribution is 0.0731. The van der Waals surface area contributed by atoms with Crippen LogP contribution in [0.4, 0.5) is 5.95 Å². The molecule has 0 bridgehead atoms. The summed E-state index contributed by atoms with van der Waals surface area (Å²) in [6.07, 6.45) is 0.480. The van der Waals surface area contributed by atoms with Crippen molar-refractivity contribution in [3.05, 3.63) is 50.9 Å². The van der Waals surface area contributed by atoms with Gasteiger partial charge in [-0.3, -0.25) is 14.6 Å². The smallest absolute Gasteiger partial charge is 0.255 e. The zero-order valence-electron chi connectivity index (χ0n) is 14.0. The predicted molar refractivity (Wildman–Crippen MR) is 90.5 cm³/mol. The van der Waals surface area contributed by atoms with Crippen LogP contribution >= 0.6 is 0 Å². The number of benzene rings is 1. The van der Waals surface area contributed by atoms with E-state index in [2.05, 4.69) is 9.97 Å². The van der Waals surface area contributed by atoms with Crippen molar-refractivity contribution in [1.29, 1.82) is 0 Å². The first-order valence-corrected chi connectivity index (χ1v) is 7.75. The first kappa shape index (κ1) is 16.0. The summed E-state index contributed by atoms with van der Waals surface area (Å²) in [4.78, 5) is 35.5. The summed E-state index contributed by atoms with van der Waals surface area (Å²) in [5.74, 6) is 0.519. The maximum Gasteiger partial charge on any atom is 0.255 e. The van der Waals surface area contributed by atoms with Crippen LogP contribution in [0.3, 0.4) is 0 Å². The van der Waals surface area contributed by atoms with E-state index in [9.17, 15) is 14.7 Å². The van der Waals surface area contributed by atoms with Gasteiger partial charge in [0.1, 0.15) is 5.75 Å². The standard InChI is InChI=1S/C17H20N4O3/c1-10-8-11(4-5-14(10)22)16(24)21-7-6-12-13(9-21)18-17(20(2)3)19-15(12)23/h4-5,8,22H,6-7,9H2,1-3H3,(H,18,19,23). The molecule has 1 aliphatic heterocycles. The highest BCUT2D eigenvalue weighted by Gasteiger charge is 2.25. The largest absolute Gasteiger partial charge is 0.508 e. The Morgan fingerprint density at radius 3 is 2.79 bits per heavy atom. The van der Waals surface area contributed by atoms with E-state index in [1.807, 2.05) is 0 Å². The lowest BCUT2D eigenvalue weighted by atomic mass is 10.0. The number of hydrogen-bond acceptors (Lipinski definition) is 5. The van der Waals surface area contributed by atoms with Gasteiger partial charge < -0.3 is 14.9 Å². The number of aromatic amines is 1.